The Bertz CT molecular complexity index is 1260. The van der Waals surface area contributed by atoms with E-state index in [1.165, 1.54) is 19.3 Å². The Morgan fingerprint density at radius 3 is 1.65 bits per heavy atom. The van der Waals surface area contributed by atoms with Crippen LogP contribution in [0.5, 0.6) is 0 Å². The van der Waals surface area contributed by atoms with Gasteiger partial charge in [0.05, 0.1) is 19.3 Å². The third kappa shape index (κ3) is 38.2. The van der Waals surface area contributed by atoms with E-state index in [1.807, 2.05) is 19.1 Å². The fraction of sp³-hybridized carbons (Fsp3) is 0.659. The van der Waals surface area contributed by atoms with Crippen molar-refractivity contribution in [1.29, 1.82) is 0 Å². The van der Waals surface area contributed by atoms with Crippen LogP contribution in [0.4, 0.5) is 0 Å². The summed E-state index contributed by atoms with van der Waals surface area (Å²) < 4.78 is 32.6. The summed E-state index contributed by atoms with van der Waals surface area (Å²) in [4.78, 5) is 45.9. The van der Waals surface area contributed by atoms with Gasteiger partial charge in [-0.25, -0.2) is 4.57 Å². The number of ether oxygens (including phenoxy) is 2. The molecule has 0 aromatic carbocycles. The lowest BCUT2D eigenvalue weighted by molar-refractivity contribution is -0.161. The largest absolute Gasteiger partial charge is 0.480 e. The quantitative estimate of drug-likeness (QED) is 0.0200. The Hall–Kier alpha value is -3.12. The van der Waals surface area contributed by atoms with Crippen molar-refractivity contribution in [3.05, 3.63) is 72.9 Å². The molecule has 0 aromatic rings. The highest BCUT2D eigenvalue weighted by Crippen LogP contribution is 2.43. The molecule has 5 N–H and O–H groups in total. The van der Waals surface area contributed by atoms with E-state index >= 15 is 0 Å². The molecule has 12 nitrogen and oxygen atoms in total. The maximum absolute atomic E-state index is 12.6. The second-order valence-electron chi connectivity index (χ2n) is 13.9. The van der Waals surface area contributed by atoms with Crippen LogP contribution in [0, 0.1) is 0 Å². The second-order valence-corrected chi connectivity index (χ2v) is 15.4. The van der Waals surface area contributed by atoms with E-state index in [2.05, 4.69) is 72.2 Å². The maximum Gasteiger partial charge on any atom is 0.472 e. The first kappa shape index (κ1) is 53.9. The summed E-state index contributed by atoms with van der Waals surface area (Å²) >= 11 is 0. The van der Waals surface area contributed by atoms with Gasteiger partial charge in [0.2, 0.25) is 0 Å². The molecule has 0 radical (unpaired) electrons. The van der Waals surface area contributed by atoms with Crippen LogP contribution >= 0.6 is 7.82 Å². The molecule has 0 heterocycles. The Balaban J connectivity index is 4.53. The summed E-state index contributed by atoms with van der Waals surface area (Å²) in [7, 11) is -4.74. The number of aliphatic hydroxyl groups excluding tert-OH is 1. The number of rotatable bonds is 38. The highest BCUT2D eigenvalue weighted by Gasteiger charge is 2.28. The molecule has 57 heavy (non-hydrogen) atoms. The number of carbonyl (C=O) groups is 3. The SMILES string of the molecule is CCCCC/C=C\C/C=C\CCCCCCCC(=O)O[C@H](COC(=O)CCC/C=C\C/C=C\C/C=C\C/C=C\CC[C@@H](O)CC)COP(=O)(O)OC[C@H](N)C(=O)O. The van der Waals surface area contributed by atoms with Crippen LogP contribution in [0.25, 0.3) is 0 Å². The molecule has 0 aromatic heterocycles. The van der Waals surface area contributed by atoms with Gasteiger partial charge in [-0.2, -0.15) is 0 Å². The molecule has 326 valence electrons. The summed E-state index contributed by atoms with van der Waals surface area (Å²) in [6.45, 7) is 2.40. The standard InChI is InChI=1S/C44H74NO11P/c1-3-5-6-7-8-9-10-11-12-17-20-23-26-29-32-35-43(48)56-40(37-54-57(51,52)55-38-41(45)44(49)50)36-53-42(47)34-31-28-25-22-19-16-14-13-15-18-21-24-27-30-33-39(46)4-2/h8-9,11-12,14-16,18,22,24-25,27,39-41,46H,3-7,10,13,17,19-21,23,26,28-38,45H2,1-2H3,(H,49,50)(H,51,52)/b9-8-,12-11-,16-14-,18-15-,25-22-,27-24-/t39-,40+,41-/m0/s1. The number of nitrogens with two attached hydrogens (primary N) is 1. The minimum atomic E-state index is -4.74. The second kappa shape index (κ2) is 38.4. The summed E-state index contributed by atoms with van der Waals surface area (Å²) in [6.07, 6.45) is 42.0. The van der Waals surface area contributed by atoms with E-state index < -0.39 is 57.7 Å². The van der Waals surface area contributed by atoms with Crippen molar-refractivity contribution in [2.45, 2.75) is 167 Å². The molecular formula is C44H74NO11P. The third-order valence-electron chi connectivity index (χ3n) is 8.59. The van der Waals surface area contributed by atoms with Crippen LogP contribution in [-0.4, -0.2) is 71.1 Å². The van der Waals surface area contributed by atoms with Gasteiger partial charge in [-0.05, 0) is 89.9 Å². The fourth-order valence-corrected chi connectivity index (χ4v) is 5.84. The Kier molecular flexibility index (Phi) is 36.3. The fourth-order valence-electron chi connectivity index (χ4n) is 5.07. The van der Waals surface area contributed by atoms with Gasteiger partial charge in [0, 0.05) is 12.8 Å². The van der Waals surface area contributed by atoms with Gasteiger partial charge in [-0.15, -0.1) is 0 Å². The average molecular weight is 824 g/mol. The Morgan fingerprint density at radius 2 is 1.09 bits per heavy atom. The van der Waals surface area contributed by atoms with Crippen LogP contribution in [0.2, 0.25) is 0 Å². The van der Waals surface area contributed by atoms with Gasteiger partial charge >= 0.3 is 25.7 Å². The first-order valence-electron chi connectivity index (χ1n) is 21.0. The molecule has 0 aliphatic heterocycles. The number of aliphatic carboxylic acids is 1. The van der Waals surface area contributed by atoms with Gasteiger partial charge in [0.15, 0.2) is 6.10 Å². The van der Waals surface area contributed by atoms with E-state index in [-0.39, 0.29) is 18.9 Å². The van der Waals surface area contributed by atoms with Gasteiger partial charge < -0.3 is 30.3 Å². The van der Waals surface area contributed by atoms with E-state index in [1.54, 1.807) is 0 Å². The van der Waals surface area contributed by atoms with Gasteiger partial charge in [-0.3, -0.25) is 23.4 Å². The number of phosphoric acid groups is 1. The molecule has 0 aliphatic carbocycles. The molecule has 0 saturated carbocycles. The predicted octanol–water partition coefficient (Wildman–Crippen LogP) is 9.92. The number of hydrogen-bond donors (Lipinski definition) is 4. The highest BCUT2D eigenvalue weighted by molar-refractivity contribution is 7.47. The minimum Gasteiger partial charge on any atom is -0.480 e. The predicted molar refractivity (Wildman–Crippen MR) is 227 cm³/mol. The zero-order valence-electron chi connectivity index (χ0n) is 34.8. The van der Waals surface area contributed by atoms with Crippen LogP contribution in [0.1, 0.15) is 149 Å². The number of aliphatic hydroxyl groups is 1. The number of carboxylic acids is 1. The van der Waals surface area contributed by atoms with Crippen LogP contribution in [-0.2, 0) is 37.5 Å². The lowest BCUT2D eigenvalue weighted by Gasteiger charge is -2.20. The maximum atomic E-state index is 12.6. The van der Waals surface area contributed by atoms with Crippen molar-refractivity contribution in [1.82, 2.24) is 0 Å². The molecule has 0 rings (SSSR count). The Morgan fingerprint density at radius 1 is 0.614 bits per heavy atom. The van der Waals surface area contributed by atoms with Crippen molar-refractivity contribution in [2.75, 3.05) is 19.8 Å². The smallest absolute Gasteiger partial charge is 0.472 e. The number of phosphoric ester groups is 1. The monoisotopic (exact) mass is 823 g/mol. The van der Waals surface area contributed by atoms with Crippen LogP contribution < -0.4 is 5.73 Å². The van der Waals surface area contributed by atoms with Gasteiger partial charge in [0.25, 0.3) is 0 Å². The topological polar surface area (TPSA) is 192 Å². The van der Waals surface area contributed by atoms with Crippen molar-refractivity contribution in [3.8, 4) is 0 Å². The molecular weight excluding hydrogens is 749 g/mol. The number of carboxylic acid groups (broad SMARTS) is 1. The number of esters is 2. The summed E-state index contributed by atoms with van der Waals surface area (Å²) in [6, 6.07) is -1.54. The molecule has 0 spiro atoms. The van der Waals surface area contributed by atoms with Crippen molar-refractivity contribution in [3.63, 3.8) is 0 Å². The van der Waals surface area contributed by atoms with Gasteiger partial charge in [-0.1, -0.05) is 119 Å². The lowest BCUT2D eigenvalue weighted by Crippen LogP contribution is -2.34. The van der Waals surface area contributed by atoms with Crippen molar-refractivity contribution < 1.29 is 52.6 Å². The summed E-state index contributed by atoms with van der Waals surface area (Å²) in [5, 5.41) is 18.4. The number of allylic oxidation sites excluding steroid dienone is 12. The first-order valence-corrected chi connectivity index (χ1v) is 22.5. The molecule has 0 fully saturated rings. The molecule has 4 atom stereocenters. The van der Waals surface area contributed by atoms with E-state index in [0.29, 0.717) is 19.3 Å². The molecule has 1 unspecified atom stereocenters. The zero-order valence-corrected chi connectivity index (χ0v) is 35.7. The van der Waals surface area contributed by atoms with Crippen LogP contribution in [0.3, 0.4) is 0 Å². The normalized spacial score (nSPS) is 15.0. The number of carbonyl (C=O) groups excluding carboxylic acids is 2. The number of unbranched alkanes of at least 4 members (excludes halogenated alkanes) is 9. The Labute approximate surface area is 343 Å². The lowest BCUT2D eigenvalue weighted by atomic mass is 10.1. The van der Waals surface area contributed by atoms with Crippen molar-refractivity contribution >= 4 is 25.7 Å². The highest BCUT2D eigenvalue weighted by atomic mass is 31.2. The average Bonchev–Trinajstić information content (AvgIpc) is 3.19. The molecule has 0 aliphatic rings. The molecule has 0 amide bonds. The third-order valence-corrected chi connectivity index (χ3v) is 9.54. The van der Waals surface area contributed by atoms with E-state index in [0.717, 1.165) is 83.5 Å². The van der Waals surface area contributed by atoms with E-state index in [9.17, 15) is 28.9 Å². The summed E-state index contributed by atoms with van der Waals surface area (Å²) in [5.74, 6) is -2.50. The van der Waals surface area contributed by atoms with E-state index in [4.69, 9.17) is 24.8 Å². The molecule has 0 bridgehead atoms. The van der Waals surface area contributed by atoms with Gasteiger partial charge in [0.1, 0.15) is 12.6 Å². The summed E-state index contributed by atoms with van der Waals surface area (Å²) in [5.41, 5.74) is 5.32. The zero-order chi connectivity index (χ0) is 42.2. The molecule has 13 heteroatoms. The van der Waals surface area contributed by atoms with Crippen molar-refractivity contribution in [2.24, 2.45) is 5.73 Å². The van der Waals surface area contributed by atoms with Crippen LogP contribution in [0.15, 0.2) is 72.9 Å². The molecule has 0 saturated heterocycles. The minimum absolute atomic E-state index is 0.123. The number of hydrogen-bond acceptors (Lipinski definition) is 10. The first-order chi connectivity index (χ1) is 27.5.